The van der Waals surface area contributed by atoms with Crippen LogP contribution in [0.2, 0.25) is 0 Å². The molecule has 2 rings (SSSR count). The van der Waals surface area contributed by atoms with Crippen molar-refractivity contribution in [1.82, 2.24) is 9.97 Å². The van der Waals surface area contributed by atoms with Crippen LogP contribution in [0.25, 0.3) is 11.0 Å². The zero-order valence-corrected chi connectivity index (χ0v) is 9.06. The van der Waals surface area contributed by atoms with Crippen LogP contribution in [0.5, 0.6) is 0 Å². The van der Waals surface area contributed by atoms with Gasteiger partial charge in [-0.3, -0.25) is 10.1 Å². The fourth-order valence-electron chi connectivity index (χ4n) is 1.62. The summed E-state index contributed by atoms with van der Waals surface area (Å²) in [6, 6.07) is 4.70. The number of rotatable bonds is 4. The zero-order chi connectivity index (χ0) is 11.5. The van der Waals surface area contributed by atoms with Gasteiger partial charge in [0.1, 0.15) is 5.82 Å². The predicted octanol–water partition coefficient (Wildman–Crippen LogP) is 2.81. The van der Waals surface area contributed by atoms with E-state index in [1.54, 1.807) is 6.07 Å². The number of aromatic nitrogens is 2. The van der Waals surface area contributed by atoms with Gasteiger partial charge in [-0.25, -0.2) is 4.98 Å². The fraction of sp³-hybridized carbons (Fsp3) is 0.364. The lowest BCUT2D eigenvalue weighted by Crippen LogP contribution is -1.86. The lowest BCUT2D eigenvalue weighted by atomic mass is 10.2. The Kier molecular flexibility index (Phi) is 2.85. The van der Waals surface area contributed by atoms with Crippen LogP contribution in [0.1, 0.15) is 25.6 Å². The summed E-state index contributed by atoms with van der Waals surface area (Å²) >= 11 is 0. The number of aryl methyl sites for hydroxylation is 1. The van der Waals surface area contributed by atoms with Gasteiger partial charge in [-0.05, 0) is 12.5 Å². The van der Waals surface area contributed by atoms with Crippen molar-refractivity contribution in [2.45, 2.75) is 26.2 Å². The molecule has 1 heterocycles. The molecular formula is C11H13N3O2. The first kappa shape index (κ1) is 10.6. The van der Waals surface area contributed by atoms with Gasteiger partial charge in [0.2, 0.25) is 0 Å². The number of fused-ring (bicyclic) bond motifs is 1. The molecule has 1 aromatic heterocycles. The summed E-state index contributed by atoms with van der Waals surface area (Å²) in [5, 5.41) is 10.6. The highest BCUT2D eigenvalue weighted by molar-refractivity contribution is 5.77. The molecule has 5 nitrogen and oxygen atoms in total. The molecule has 0 unspecified atom stereocenters. The van der Waals surface area contributed by atoms with E-state index in [0.29, 0.717) is 5.52 Å². The van der Waals surface area contributed by atoms with E-state index < -0.39 is 4.92 Å². The molecule has 0 amide bonds. The molecule has 0 saturated carbocycles. The molecular weight excluding hydrogens is 206 g/mol. The zero-order valence-electron chi connectivity index (χ0n) is 9.06. The summed E-state index contributed by atoms with van der Waals surface area (Å²) in [6.07, 6.45) is 3.07. The summed E-state index contributed by atoms with van der Waals surface area (Å²) in [4.78, 5) is 17.7. The molecule has 0 fully saturated rings. The Balaban J connectivity index is 2.34. The van der Waals surface area contributed by atoms with Gasteiger partial charge in [-0.1, -0.05) is 13.3 Å². The third kappa shape index (κ3) is 2.03. The molecule has 0 spiro atoms. The van der Waals surface area contributed by atoms with Crippen LogP contribution >= 0.6 is 0 Å². The smallest absolute Gasteiger partial charge is 0.271 e. The van der Waals surface area contributed by atoms with Crippen molar-refractivity contribution in [2.75, 3.05) is 0 Å². The second-order valence-electron chi connectivity index (χ2n) is 3.75. The monoisotopic (exact) mass is 219 g/mol. The first-order chi connectivity index (χ1) is 7.70. The predicted molar refractivity (Wildman–Crippen MR) is 61.4 cm³/mol. The highest BCUT2D eigenvalue weighted by Gasteiger charge is 2.09. The number of hydrogen-bond acceptors (Lipinski definition) is 3. The minimum absolute atomic E-state index is 0.0843. The van der Waals surface area contributed by atoms with Crippen LogP contribution in [0, 0.1) is 10.1 Å². The number of nitro benzene ring substituents is 1. The van der Waals surface area contributed by atoms with E-state index in [1.807, 2.05) is 0 Å². The molecule has 0 radical (unpaired) electrons. The van der Waals surface area contributed by atoms with Gasteiger partial charge in [-0.2, -0.15) is 0 Å². The SMILES string of the molecule is CCCCc1nc2cc([N+](=O)[O-])ccc2[nH]1. The topological polar surface area (TPSA) is 71.8 Å². The molecule has 0 aliphatic heterocycles. The van der Waals surface area contributed by atoms with Crippen molar-refractivity contribution in [3.8, 4) is 0 Å². The molecule has 1 aromatic carbocycles. The number of nitro groups is 1. The average Bonchev–Trinajstić information content (AvgIpc) is 2.67. The van der Waals surface area contributed by atoms with Gasteiger partial charge in [0.15, 0.2) is 0 Å². The van der Waals surface area contributed by atoms with Crippen LogP contribution in [0.3, 0.4) is 0 Å². The molecule has 0 aliphatic rings. The van der Waals surface area contributed by atoms with Gasteiger partial charge in [-0.15, -0.1) is 0 Å². The Morgan fingerprint density at radius 2 is 2.31 bits per heavy atom. The highest BCUT2D eigenvalue weighted by Crippen LogP contribution is 2.19. The van der Waals surface area contributed by atoms with E-state index in [0.717, 1.165) is 30.6 Å². The van der Waals surface area contributed by atoms with Crippen molar-refractivity contribution >= 4 is 16.7 Å². The van der Waals surface area contributed by atoms with Gasteiger partial charge in [0, 0.05) is 18.6 Å². The van der Waals surface area contributed by atoms with Gasteiger partial charge in [0.25, 0.3) is 5.69 Å². The third-order valence-corrected chi connectivity index (χ3v) is 2.49. The van der Waals surface area contributed by atoms with Crippen LogP contribution in [-0.4, -0.2) is 14.9 Å². The Labute approximate surface area is 92.7 Å². The van der Waals surface area contributed by atoms with Crippen molar-refractivity contribution in [1.29, 1.82) is 0 Å². The second-order valence-corrected chi connectivity index (χ2v) is 3.75. The van der Waals surface area contributed by atoms with Crippen LogP contribution in [-0.2, 0) is 6.42 Å². The molecule has 2 aromatic rings. The number of nitrogens with one attached hydrogen (secondary N) is 1. The Hall–Kier alpha value is -1.91. The maximum atomic E-state index is 10.6. The van der Waals surface area contributed by atoms with Gasteiger partial charge in [0.05, 0.1) is 16.0 Å². The summed E-state index contributed by atoms with van der Waals surface area (Å²) in [6.45, 7) is 2.12. The van der Waals surface area contributed by atoms with Gasteiger partial charge < -0.3 is 4.98 Å². The van der Waals surface area contributed by atoms with Crippen molar-refractivity contribution < 1.29 is 4.92 Å². The van der Waals surface area contributed by atoms with E-state index in [4.69, 9.17) is 0 Å². The number of H-pyrrole nitrogens is 1. The lowest BCUT2D eigenvalue weighted by Gasteiger charge is -1.90. The normalized spacial score (nSPS) is 10.8. The number of imidazole rings is 1. The molecule has 16 heavy (non-hydrogen) atoms. The molecule has 0 atom stereocenters. The van der Waals surface area contributed by atoms with E-state index in [1.165, 1.54) is 12.1 Å². The first-order valence-electron chi connectivity index (χ1n) is 5.33. The Morgan fingerprint density at radius 1 is 1.50 bits per heavy atom. The van der Waals surface area contributed by atoms with E-state index in [2.05, 4.69) is 16.9 Å². The van der Waals surface area contributed by atoms with Crippen LogP contribution < -0.4 is 0 Å². The molecule has 0 aliphatic carbocycles. The van der Waals surface area contributed by atoms with Crippen molar-refractivity contribution in [3.05, 3.63) is 34.1 Å². The number of benzene rings is 1. The number of non-ortho nitro benzene ring substituents is 1. The van der Waals surface area contributed by atoms with E-state index in [-0.39, 0.29) is 5.69 Å². The molecule has 5 heteroatoms. The molecule has 0 saturated heterocycles. The summed E-state index contributed by atoms with van der Waals surface area (Å²) in [5.41, 5.74) is 1.61. The number of unbranched alkanes of at least 4 members (excludes halogenated alkanes) is 1. The lowest BCUT2D eigenvalue weighted by molar-refractivity contribution is -0.384. The maximum absolute atomic E-state index is 10.6. The highest BCUT2D eigenvalue weighted by atomic mass is 16.6. The van der Waals surface area contributed by atoms with Gasteiger partial charge >= 0.3 is 0 Å². The Bertz CT molecular complexity index is 519. The Morgan fingerprint density at radius 3 is 3.00 bits per heavy atom. The van der Waals surface area contributed by atoms with Crippen LogP contribution in [0.15, 0.2) is 18.2 Å². The second kappa shape index (κ2) is 4.30. The number of aromatic amines is 1. The van der Waals surface area contributed by atoms with Crippen molar-refractivity contribution in [2.24, 2.45) is 0 Å². The summed E-state index contributed by atoms with van der Waals surface area (Å²) in [5.74, 6) is 0.900. The van der Waals surface area contributed by atoms with E-state index in [9.17, 15) is 10.1 Å². The summed E-state index contributed by atoms with van der Waals surface area (Å²) in [7, 11) is 0. The molecule has 1 N–H and O–H groups in total. The molecule has 84 valence electrons. The summed E-state index contributed by atoms with van der Waals surface area (Å²) < 4.78 is 0. The minimum atomic E-state index is -0.403. The van der Waals surface area contributed by atoms with Crippen molar-refractivity contribution in [3.63, 3.8) is 0 Å². The third-order valence-electron chi connectivity index (χ3n) is 2.49. The largest absolute Gasteiger partial charge is 0.342 e. The quantitative estimate of drug-likeness (QED) is 0.634. The first-order valence-corrected chi connectivity index (χ1v) is 5.33. The minimum Gasteiger partial charge on any atom is -0.342 e. The molecule has 0 bridgehead atoms. The standard InChI is InChI=1S/C11H13N3O2/c1-2-3-4-11-12-9-6-5-8(14(15)16)7-10(9)13-11/h5-7H,2-4H2,1H3,(H,12,13). The number of nitrogens with zero attached hydrogens (tertiary/aromatic N) is 2. The fourth-order valence-corrected chi connectivity index (χ4v) is 1.62. The average molecular weight is 219 g/mol. The van der Waals surface area contributed by atoms with E-state index >= 15 is 0 Å². The number of hydrogen-bond donors (Lipinski definition) is 1. The maximum Gasteiger partial charge on any atom is 0.271 e. The van der Waals surface area contributed by atoms with Crippen LogP contribution in [0.4, 0.5) is 5.69 Å².